The number of aliphatic hydroxyl groups excluding tert-OH is 1. The highest BCUT2D eigenvalue weighted by Crippen LogP contribution is 2.25. The average molecular weight is 398 g/mol. The Bertz CT molecular complexity index is 815. The number of aryl methyl sites for hydroxylation is 1. The van der Waals surface area contributed by atoms with Gasteiger partial charge in [-0.15, -0.1) is 0 Å². The van der Waals surface area contributed by atoms with Gasteiger partial charge in [0.2, 0.25) is 0 Å². The number of aromatic nitrogens is 1. The Labute approximate surface area is 160 Å². The van der Waals surface area contributed by atoms with Crippen molar-refractivity contribution in [2.24, 2.45) is 0 Å². The number of hydrogen-bond acceptors (Lipinski definition) is 6. The molecule has 0 aliphatic rings. The van der Waals surface area contributed by atoms with Crippen molar-refractivity contribution in [1.29, 1.82) is 0 Å². The SMILES string of the molecule is Cc1nc(NC(=O)COC(=O)c2ccccc2NCCO)c(Cl)cc1Cl. The fourth-order valence-corrected chi connectivity index (χ4v) is 2.43. The normalized spacial score (nSPS) is 10.3. The van der Waals surface area contributed by atoms with E-state index in [4.69, 9.17) is 33.0 Å². The Kier molecular flexibility index (Phi) is 7.20. The standard InChI is InChI=1S/C17H17Cl2N3O4/c1-10-12(18)8-13(19)16(21-10)22-15(24)9-26-17(25)11-4-2-3-5-14(11)20-6-7-23/h2-5,8,20,23H,6-7,9H2,1H3,(H,21,22,24). The van der Waals surface area contributed by atoms with Gasteiger partial charge >= 0.3 is 5.97 Å². The van der Waals surface area contributed by atoms with E-state index < -0.39 is 18.5 Å². The Hall–Kier alpha value is -2.35. The van der Waals surface area contributed by atoms with Gasteiger partial charge in [0.15, 0.2) is 12.4 Å². The number of aliphatic hydroxyl groups is 1. The molecule has 3 N–H and O–H groups in total. The molecule has 26 heavy (non-hydrogen) atoms. The van der Waals surface area contributed by atoms with Crippen molar-refractivity contribution in [1.82, 2.24) is 4.98 Å². The number of nitrogens with zero attached hydrogens (tertiary/aromatic N) is 1. The van der Waals surface area contributed by atoms with Gasteiger partial charge in [-0.05, 0) is 25.1 Å². The summed E-state index contributed by atoms with van der Waals surface area (Å²) in [6.45, 7) is 1.36. The second-order valence-corrected chi connectivity index (χ2v) is 6.02. The molecular weight excluding hydrogens is 381 g/mol. The Morgan fingerprint density at radius 3 is 2.69 bits per heavy atom. The molecule has 138 valence electrons. The van der Waals surface area contributed by atoms with Gasteiger partial charge in [-0.1, -0.05) is 35.3 Å². The second-order valence-electron chi connectivity index (χ2n) is 5.21. The number of carbonyl (C=O) groups excluding carboxylic acids is 2. The van der Waals surface area contributed by atoms with Gasteiger partial charge in [0, 0.05) is 12.2 Å². The Morgan fingerprint density at radius 1 is 1.23 bits per heavy atom. The fourth-order valence-electron chi connectivity index (χ4n) is 2.03. The first-order valence-corrected chi connectivity index (χ1v) is 8.41. The zero-order valence-electron chi connectivity index (χ0n) is 13.9. The van der Waals surface area contributed by atoms with Crippen LogP contribution in [0.2, 0.25) is 10.0 Å². The summed E-state index contributed by atoms with van der Waals surface area (Å²) >= 11 is 11.9. The fraction of sp³-hybridized carbons (Fsp3) is 0.235. The summed E-state index contributed by atoms with van der Waals surface area (Å²) in [5.74, 6) is -1.12. The van der Waals surface area contributed by atoms with E-state index in [0.717, 1.165) is 0 Å². The maximum absolute atomic E-state index is 12.2. The number of anilines is 2. The van der Waals surface area contributed by atoms with Crippen LogP contribution < -0.4 is 10.6 Å². The van der Waals surface area contributed by atoms with Gasteiger partial charge in [0.25, 0.3) is 5.91 Å². The monoisotopic (exact) mass is 397 g/mol. The first-order chi connectivity index (χ1) is 12.4. The molecule has 9 heteroatoms. The largest absolute Gasteiger partial charge is 0.452 e. The lowest BCUT2D eigenvalue weighted by atomic mass is 10.2. The average Bonchev–Trinajstić information content (AvgIpc) is 2.62. The van der Waals surface area contributed by atoms with Crippen molar-refractivity contribution in [2.75, 3.05) is 30.4 Å². The van der Waals surface area contributed by atoms with E-state index in [2.05, 4.69) is 15.6 Å². The number of pyridine rings is 1. The summed E-state index contributed by atoms with van der Waals surface area (Å²) in [7, 11) is 0. The Morgan fingerprint density at radius 2 is 1.96 bits per heavy atom. The maximum atomic E-state index is 12.2. The molecule has 1 amide bonds. The van der Waals surface area contributed by atoms with Crippen LogP contribution in [0.5, 0.6) is 0 Å². The number of para-hydroxylation sites is 1. The highest BCUT2D eigenvalue weighted by Gasteiger charge is 2.15. The van der Waals surface area contributed by atoms with Crippen LogP contribution in [0, 0.1) is 6.92 Å². The van der Waals surface area contributed by atoms with Crippen molar-refractivity contribution >= 4 is 46.6 Å². The smallest absolute Gasteiger partial charge is 0.340 e. The van der Waals surface area contributed by atoms with E-state index in [0.29, 0.717) is 16.4 Å². The van der Waals surface area contributed by atoms with Crippen LogP contribution in [0.3, 0.4) is 0 Å². The first kappa shape index (κ1) is 20.0. The van der Waals surface area contributed by atoms with Crippen molar-refractivity contribution < 1.29 is 19.4 Å². The van der Waals surface area contributed by atoms with E-state index in [9.17, 15) is 9.59 Å². The molecule has 1 heterocycles. The lowest BCUT2D eigenvalue weighted by molar-refractivity contribution is -0.119. The van der Waals surface area contributed by atoms with E-state index in [-0.39, 0.29) is 29.6 Å². The van der Waals surface area contributed by atoms with Crippen molar-refractivity contribution in [2.45, 2.75) is 6.92 Å². The van der Waals surface area contributed by atoms with E-state index >= 15 is 0 Å². The zero-order chi connectivity index (χ0) is 19.1. The summed E-state index contributed by atoms with van der Waals surface area (Å²) in [5.41, 5.74) is 1.27. The highest BCUT2D eigenvalue weighted by molar-refractivity contribution is 6.36. The van der Waals surface area contributed by atoms with Crippen molar-refractivity contribution in [3.63, 3.8) is 0 Å². The molecule has 0 saturated carbocycles. The van der Waals surface area contributed by atoms with Crippen LogP contribution >= 0.6 is 23.2 Å². The zero-order valence-corrected chi connectivity index (χ0v) is 15.4. The second kappa shape index (κ2) is 9.38. The lowest BCUT2D eigenvalue weighted by Crippen LogP contribution is -2.22. The minimum absolute atomic E-state index is 0.0833. The molecule has 0 aliphatic heterocycles. The molecule has 0 bridgehead atoms. The van der Waals surface area contributed by atoms with E-state index in [1.165, 1.54) is 6.07 Å². The van der Waals surface area contributed by atoms with Gasteiger partial charge in [0.05, 0.1) is 27.9 Å². The van der Waals surface area contributed by atoms with Crippen LogP contribution in [-0.4, -0.2) is 41.7 Å². The maximum Gasteiger partial charge on any atom is 0.340 e. The molecule has 0 saturated heterocycles. The molecule has 1 aromatic heterocycles. The number of halogens is 2. The molecule has 0 spiro atoms. The third-order valence-electron chi connectivity index (χ3n) is 3.27. The lowest BCUT2D eigenvalue weighted by Gasteiger charge is -2.11. The first-order valence-electron chi connectivity index (χ1n) is 7.65. The summed E-state index contributed by atoms with van der Waals surface area (Å²) in [6.07, 6.45) is 0. The van der Waals surface area contributed by atoms with Crippen LogP contribution in [0.15, 0.2) is 30.3 Å². The topological polar surface area (TPSA) is 101 Å². The molecule has 0 fully saturated rings. The summed E-state index contributed by atoms with van der Waals surface area (Å²) in [4.78, 5) is 28.2. The number of benzene rings is 1. The molecule has 0 aliphatic carbocycles. The Balaban J connectivity index is 1.97. The van der Waals surface area contributed by atoms with E-state index in [1.54, 1.807) is 31.2 Å². The number of amides is 1. The van der Waals surface area contributed by atoms with E-state index in [1.807, 2.05) is 0 Å². The number of carbonyl (C=O) groups is 2. The van der Waals surface area contributed by atoms with Gasteiger partial charge in [-0.2, -0.15) is 0 Å². The van der Waals surface area contributed by atoms with Crippen LogP contribution in [0.1, 0.15) is 16.1 Å². The van der Waals surface area contributed by atoms with Crippen LogP contribution in [0.4, 0.5) is 11.5 Å². The molecule has 2 rings (SSSR count). The highest BCUT2D eigenvalue weighted by atomic mass is 35.5. The number of nitrogens with one attached hydrogen (secondary N) is 2. The minimum Gasteiger partial charge on any atom is -0.452 e. The molecule has 0 atom stereocenters. The van der Waals surface area contributed by atoms with Crippen LogP contribution in [-0.2, 0) is 9.53 Å². The van der Waals surface area contributed by atoms with Crippen LogP contribution in [0.25, 0.3) is 0 Å². The van der Waals surface area contributed by atoms with Gasteiger partial charge in [0.1, 0.15) is 0 Å². The van der Waals surface area contributed by atoms with Gasteiger partial charge < -0.3 is 20.5 Å². The van der Waals surface area contributed by atoms with Gasteiger partial charge in [-0.25, -0.2) is 9.78 Å². The molecule has 7 nitrogen and oxygen atoms in total. The minimum atomic E-state index is -0.674. The summed E-state index contributed by atoms with van der Waals surface area (Å²) in [6, 6.07) is 8.10. The number of hydrogen-bond donors (Lipinski definition) is 3. The summed E-state index contributed by atoms with van der Waals surface area (Å²) < 4.78 is 5.03. The molecule has 0 unspecified atom stereocenters. The number of rotatable bonds is 7. The van der Waals surface area contributed by atoms with Gasteiger partial charge in [-0.3, -0.25) is 4.79 Å². The quantitative estimate of drug-likeness (QED) is 0.621. The predicted octanol–water partition coefficient (Wildman–Crippen LogP) is 2.90. The number of ether oxygens (including phenoxy) is 1. The molecule has 0 radical (unpaired) electrons. The summed E-state index contributed by atoms with van der Waals surface area (Å²) in [5, 5.41) is 14.8. The third-order valence-corrected chi connectivity index (χ3v) is 3.94. The molecular formula is C17H17Cl2N3O4. The van der Waals surface area contributed by atoms with Crippen molar-refractivity contribution in [3.8, 4) is 0 Å². The third kappa shape index (κ3) is 5.32. The molecule has 2 aromatic rings. The van der Waals surface area contributed by atoms with Crippen molar-refractivity contribution in [3.05, 3.63) is 51.6 Å². The number of esters is 1. The molecule has 1 aromatic carbocycles. The predicted molar refractivity (Wildman–Crippen MR) is 99.9 cm³/mol.